The van der Waals surface area contributed by atoms with Crippen LogP contribution in [0.25, 0.3) is 0 Å². The molecule has 1 fully saturated rings. The van der Waals surface area contributed by atoms with Gasteiger partial charge in [-0.25, -0.2) is 8.78 Å². The number of hydrogen-bond acceptors (Lipinski definition) is 9. The van der Waals surface area contributed by atoms with Gasteiger partial charge in [-0.1, -0.05) is 23.4 Å². The maximum Gasteiger partial charge on any atom is 0.262 e. The first-order valence-corrected chi connectivity index (χ1v) is 11.0. The van der Waals surface area contributed by atoms with E-state index < -0.39 is 36.6 Å². The minimum absolute atomic E-state index is 0.0398. The molecule has 33 heavy (non-hydrogen) atoms. The first kappa shape index (κ1) is 25.4. The highest BCUT2D eigenvalue weighted by Crippen LogP contribution is 2.31. The van der Waals surface area contributed by atoms with Crippen molar-refractivity contribution in [3.63, 3.8) is 0 Å². The van der Waals surface area contributed by atoms with Gasteiger partial charge in [0.2, 0.25) is 5.95 Å². The van der Waals surface area contributed by atoms with Crippen molar-refractivity contribution in [2.24, 2.45) is 16.8 Å². The summed E-state index contributed by atoms with van der Waals surface area (Å²) in [7, 11) is 1.57. The molecule has 1 aromatic rings. The maximum atomic E-state index is 13.3. The Kier molecular flexibility index (Phi) is 8.28. The second-order valence-electron chi connectivity index (χ2n) is 8.34. The molecule has 2 heterocycles. The average Bonchev–Trinajstić information content (AvgIpc) is 3.05. The van der Waals surface area contributed by atoms with Crippen LogP contribution in [0.4, 0.5) is 20.5 Å². The van der Waals surface area contributed by atoms with E-state index in [9.17, 15) is 24.1 Å². The Labute approximate surface area is 195 Å². The van der Waals surface area contributed by atoms with Crippen molar-refractivity contribution in [1.82, 2.24) is 9.97 Å². The summed E-state index contributed by atoms with van der Waals surface area (Å²) in [6.45, 7) is 0.229. The lowest BCUT2D eigenvalue weighted by atomic mass is 10.0. The molecule has 5 unspecified atom stereocenters. The fraction of sp³-hybridized carbons (Fsp3) is 0.667. The van der Waals surface area contributed by atoms with Crippen molar-refractivity contribution in [1.29, 1.82) is 0 Å². The van der Waals surface area contributed by atoms with E-state index in [1.165, 1.54) is 0 Å². The molecule has 0 bridgehead atoms. The van der Waals surface area contributed by atoms with Gasteiger partial charge in [-0.3, -0.25) is 4.99 Å². The molecule has 1 aliphatic heterocycles. The number of nitrogens with zero attached hydrogens (tertiary/aromatic N) is 3. The first-order valence-electron chi connectivity index (χ1n) is 10.6. The van der Waals surface area contributed by atoms with Gasteiger partial charge < -0.3 is 30.7 Å². The van der Waals surface area contributed by atoms with Crippen LogP contribution in [0.2, 0.25) is 5.15 Å². The van der Waals surface area contributed by atoms with Crippen LogP contribution < -0.4 is 10.6 Å². The van der Waals surface area contributed by atoms with E-state index in [-0.39, 0.29) is 41.4 Å². The Morgan fingerprint density at radius 1 is 1.27 bits per heavy atom. The summed E-state index contributed by atoms with van der Waals surface area (Å²) in [4.78, 5) is 12.6. The number of hydrogen-bond donors (Lipinski definition) is 5. The summed E-state index contributed by atoms with van der Waals surface area (Å²) in [6, 6.07) is -0.660. The van der Waals surface area contributed by atoms with Crippen molar-refractivity contribution in [3.8, 4) is 11.8 Å². The van der Waals surface area contributed by atoms with Crippen molar-refractivity contribution in [2.45, 2.75) is 50.4 Å². The minimum atomic E-state index is -3.00. The van der Waals surface area contributed by atoms with Gasteiger partial charge in [0.05, 0.1) is 32.3 Å². The molecule has 1 aliphatic carbocycles. The summed E-state index contributed by atoms with van der Waals surface area (Å²) in [5.41, 5.74) is 0.237. The molecule has 3 rings (SSSR count). The van der Waals surface area contributed by atoms with Crippen LogP contribution in [0.1, 0.15) is 31.7 Å². The van der Waals surface area contributed by atoms with E-state index in [1.54, 1.807) is 7.11 Å². The second kappa shape index (κ2) is 10.8. The molecule has 5 atom stereocenters. The van der Waals surface area contributed by atoms with Gasteiger partial charge in [0.25, 0.3) is 5.92 Å². The number of aliphatic imine (C=N–C) groups is 1. The van der Waals surface area contributed by atoms with E-state index in [4.69, 9.17) is 16.3 Å². The topological polar surface area (TPSA) is 132 Å². The number of alkyl halides is 2. The Balaban J connectivity index is 1.88. The van der Waals surface area contributed by atoms with Gasteiger partial charge in [0, 0.05) is 31.8 Å². The van der Waals surface area contributed by atoms with Gasteiger partial charge in [0.1, 0.15) is 17.5 Å². The van der Waals surface area contributed by atoms with Crippen LogP contribution in [0.15, 0.2) is 4.99 Å². The Morgan fingerprint density at radius 3 is 2.61 bits per heavy atom. The van der Waals surface area contributed by atoms with Crippen molar-refractivity contribution in [3.05, 3.63) is 10.7 Å². The predicted molar refractivity (Wildman–Crippen MR) is 120 cm³/mol. The van der Waals surface area contributed by atoms with Crippen LogP contribution in [0.5, 0.6) is 0 Å². The van der Waals surface area contributed by atoms with Crippen LogP contribution in [0, 0.1) is 23.7 Å². The number of nitrogens with one attached hydrogen (secondary N) is 2. The number of rotatable bonds is 6. The number of methoxy groups -OCH3 is 1. The molecule has 2 aliphatic rings. The van der Waals surface area contributed by atoms with Crippen molar-refractivity contribution >= 4 is 29.3 Å². The lowest BCUT2D eigenvalue weighted by Gasteiger charge is -2.20. The third kappa shape index (κ3) is 6.63. The fourth-order valence-corrected chi connectivity index (χ4v) is 3.94. The largest absolute Gasteiger partial charge is 0.484 e. The summed E-state index contributed by atoms with van der Waals surface area (Å²) in [6.07, 6.45) is -0.620. The van der Waals surface area contributed by atoms with Crippen molar-refractivity contribution in [2.75, 3.05) is 37.4 Å². The monoisotopic (exact) mass is 487 g/mol. The molecule has 12 heteroatoms. The zero-order valence-electron chi connectivity index (χ0n) is 18.4. The zero-order valence-corrected chi connectivity index (χ0v) is 19.1. The summed E-state index contributed by atoms with van der Waals surface area (Å²) < 4.78 is 31.7. The van der Waals surface area contributed by atoms with Crippen LogP contribution >= 0.6 is 11.6 Å². The second-order valence-corrected chi connectivity index (χ2v) is 8.70. The van der Waals surface area contributed by atoms with Gasteiger partial charge in [-0.2, -0.15) is 9.97 Å². The lowest BCUT2D eigenvalue weighted by Crippen LogP contribution is -2.36. The van der Waals surface area contributed by atoms with E-state index in [0.29, 0.717) is 18.9 Å². The van der Waals surface area contributed by atoms with E-state index in [0.717, 1.165) is 13.3 Å². The SMILES string of the molecule is COC1=NCC(C#Cc2c(Cl)nc(NCC(C)(F)F)nc2NC2CC(CO)C(O)C2O)CC1. The summed E-state index contributed by atoms with van der Waals surface area (Å²) in [5, 5.41) is 35.3. The Hall–Kier alpha value is -2.26. The number of aliphatic hydroxyl groups is 3. The number of aromatic nitrogens is 2. The third-order valence-electron chi connectivity index (χ3n) is 5.61. The van der Waals surface area contributed by atoms with Gasteiger partial charge in [-0.05, 0) is 12.8 Å². The van der Waals surface area contributed by atoms with Crippen LogP contribution in [-0.4, -0.2) is 82.2 Å². The highest BCUT2D eigenvalue weighted by Gasteiger charge is 2.41. The number of anilines is 2. The average molecular weight is 488 g/mol. The molecule has 0 radical (unpaired) electrons. The highest BCUT2D eigenvalue weighted by atomic mass is 35.5. The summed E-state index contributed by atoms with van der Waals surface area (Å²) >= 11 is 6.33. The van der Waals surface area contributed by atoms with Crippen LogP contribution in [0.3, 0.4) is 0 Å². The minimum Gasteiger partial charge on any atom is -0.484 e. The molecular formula is C21H28ClF2N5O4. The Morgan fingerprint density at radius 2 is 2.03 bits per heavy atom. The molecule has 0 spiro atoms. The van der Waals surface area contributed by atoms with Gasteiger partial charge >= 0.3 is 0 Å². The molecule has 1 saturated carbocycles. The van der Waals surface area contributed by atoms with E-state index in [1.807, 2.05) is 0 Å². The van der Waals surface area contributed by atoms with Crippen LogP contribution in [-0.2, 0) is 4.74 Å². The Bertz CT molecular complexity index is 934. The smallest absolute Gasteiger partial charge is 0.262 e. The third-order valence-corrected chi connectivity index (χ3v) is 5.89. The molecule has 0 saturated heterocycles. The highest BCUT2D eigenvalue weighted by molar-refractivity contribution is 6.31. The molecule has 5 N–H and O–H groups in total. The van der Waals surface area contributed by atoms with Crippen molar-refractivity contribution < 1.29 is 28.8 Å². The molecule has 9 nitrogen and oxygen atoms in total. The summed E-state index contributed by atoms with van der Waals surface area (Å²) in [5.74, 6) is 3.18. The zero-order chi connectivity index (χ0) is 24.2. The number of aliphatic hydroxyl groups excluding tert-OH is 3. The quantitative estimate of drug-likeness (QED) is 0.301. The predicted octanol–water partition coefficient (Wildman–Crippen LogP) is 1.52. The van der Waals surface area contributed by atoms with E-state index >= 15 is 0 Å². The molecule has 0 amide bonds. The van der Waals surface area contributed by atoms with E-state index in [2.05, 4.69) is 37.4 Å². The molecular weight excluding hydrogens is 460 g/mol. The standard InChI is InChI=1S/C21H28ClF2N5O4/c1-21(23,24)10-26-20-28-18(22)13(5-3-11-4-6-15(33-2)25-8-11)19(29-20)27-14-7-12(9-30)16(31)17(14)32/h11-12,14,16-17,30-32H,4,6-10H2,1-2H3,(H2,26,27,28,29). The first-order chi connectivity index (χ1) is 15.6. The van der Waals surface area contributed by atoms with Gasteiger partial charge in [0.15, 0.2) is 11.1 Å². The molecule has 0 aromatic carbocycles. The fourth-order valence-electron chi connectivity index (χ4n) is 3.72. The molecule has 182 valence electrons. The maximum absolute atomic E-state index is 13.3. The normalized spacial score (nSPS) is 27.4. The van der Waals surface area contributed by atoms with Gasteiger partial charge in [-0.15, -0.1) is 0 Å². The number of ether oxygens (including phenoxy) is 1. The lowest BCUT2D eigenvalue weighted by molar-refractivity contribution is 0.00445. The molecule has 1 aromatic heterocycles. The number of halogens is 3.